The van der Waals surface area contributed by atoms with Gasteiger partial charge in [-0.2, -0.15) is 9.78 Å². The normalized spacial score (nSPS) is 31.6. The molecule has 0 amide bonds. The van der Waals surface area contributed by atoms with Gasteiger partial charge in [-0.05, 0) is 80.8 Å². The predicted octanol–water partition coefficient (Wildman–Crippen LogP) is 6.54. The van der Waals surface area contributed by atoms with Crippen LogP contribution in [0.25, 0.3) is 0 Å². The van der Waals surface area contributed by atoms with Gasteiger partial charge in [0, 0.05) is 12.5 Å². The average molecular weight is 397 g/mol. The smallest absolute Gasteiger partial charge is 0.224 e. The molecule has 0 unspecified atom stereocenters. The highest BCUT2D eigenvalue weighted by atomic mass is 35.5. The van der Waals surface area contributed by atoms with E-state index in [1.807, 2.05) is 0 Å². The van der Waals surface area contributed by atoms with Crippen LogP contribution in [0.2, 0.25) is 5.02 Å². The summed E-state index contributed by atoms with van der Waals surface area (Å²) in [4.78, 5) is 9.70. The molecule has 3 aliphatic rings. The quantitative estimate of drug-likeness (QED) is 0.387. The van der Waals surface area contributed by atoms with E-state index in [2.05, 4.69) is 0 Å². The van der Waals surface area contributed by atoms with E-state index in [-0.39, 0.29) is 11.3 Å². The van der Waals surface area contributed by atoms with Crippen molar-refractivity contribution in [2.45, 2.75) is 70.5 Å². The average Bonchev–Trinajstić information content (AvgIpc) is 3.53. The van der Waals surface area contributed by atoms with Gasteiger partial charge < -0.3 is 4.74 Å². The lowest BCUT2D eigenvalue weighted by Gasteiger charge is -2.37. The van der Waals surface area contributed by atoms with Crippen LogP contribution in [0.4, 0.5) is 4.39 Å². The molecular weight excluding hydrogens is 367 g/mol. The molecule has 1 saturated heterocycles. The summed E-state index contributed by atoms with van der Waals surface area (Å²) >= 11 is 5.72. The monoisotopic (exact) mass is 396 g/mol. The van der Waals surface area contributed by atoms with Gasteiger partial charge in [0.1, 0.15) is 11.6 Å². The van der Waals surface area contributed by atoms with Gasteiger partial charge in [0.15, 0.2) is 0 Å². The molecule has 1 heterocycles. The Hall–Kier alpha value is -0.840. The molecule has 1 aromatic carbocycles. The summed E-state index contributed by atoms with van der Waals surface area (Å²) < 4.78 is 19.3. The minimum atomic E-state index is -0.411. The highest BCUT2D eigenvalue weighted by Crippen LogP contribution is 2.42. The molecule has 4 rings (SSSR count). The molecule has 1 aliphatic heterocycles. The SMILES string of the molecule is Fc1cc(OCC2CCC(C3CCC(CCC4OO4)CC3)CC2)ccc1Cl. The molecule has 0 aromatic heterocycles. The molecule has 150 valence electrons. The third-order valence-corrected chi connectivity index (χ3v) is 7.18. The van der Waals surface area contributed by atoms with Crippen LogP contribution in [0, 0.1) is 29.5 Å². The zero-order chi connectivity index (χ0) is 18.6. The van der Waals surface area contributed by atoms with Crippen LogP contribution in [0.3, 0.4) is 0 Å². The van der Waals surface area contributed by atoms with Gasteiger partial charge in [0.2, 0.25) is 6.29 Å². The van der Waals surface area contributed by atoms with Gasteiger partial charge in [0.25, 0.3) is 0 Å². The first-order chi connectivity index (χ1) is 13.2. The van der Waals surface area contributed by atoms with Crippen LogP contribution in [0.15, 0.2) is 18.2 Å². The van der Waals surface area contributed by atoms with Gasteiger partial charge in [-0.1, -0.05) is 24.4 Å². The minimum Gasteiger partial charge on any atom is -0.493 e. The van der Waals surface area contributed by atoms with E-state index < -0.39 is 5.82 Å². The summed E-state index contributed by atoms with van der Waals surface area (Å²) in [5.41, 5.74) is 0. The van der Waals surface area contributed by atoms with Gasteiger partial charge in [-0.25, -0.2) is 4.39 Å². The van der Waals surface area contributed by atoms with Crippen molar-refractivity contribution in [3.05, 3.63) is 29.0 Å². The zero-order valence-electron chi connectivity index (χ0n) is 15.9. The standard InChI is InChI=1S/C22H30ClFO3/c23-20-11-10-19(13-21(20)24)25-14-16-3-8-18(9-4-16)17-6-1-15(2-7-17)5-12-22-26-27-22/h10-11,13,15-18,22H,1-9,12,14H2. The maximum absolute atomic E-state index is 13.5. The third-order valence-electron chi connectivity index (χ3n) is 6.87. The Morgan fingerprint density at radius 2 is 1.52 bits per heavy atom. The van der Waals surface area contributed by atoms with Crippen LogP contribution >= 0.6 is 11.6 Å². The minimum absolute atomic E-state index is 0.101. The van der Waals surface area contributed by atoms with Crippen LogP contribution in [0.5, 0.6) is 5.75 Å². The van der Waals surface area contributed by atoms with E-state index in [1.54, 1.807) is 12.1 Å². The first-order valence-electron chi connectivity index (χ1n) is 10.6. The number of halogens is 2. The Morgan fingerprint density at radius 1 is 0.889 bits per heavy atom. The lowest BCUT2D eigenvalue weighted by molar-refractivity contribution is 0.0850. The largest absolute Gasteiger partial charge is 0.493 e. The van der Waals surface area contributed by atoms with E-state index >= 15 is 0 Å². The van der Waals surface area contributed by atoms with Crippen molar-refractivity contribution in [3.63, 3.8) is 0 Å². The Bertz CT molecular complexity index is 606. The molecule has 0 bridgehead atoms. The summed E-state index contributed by atoms with van der Waals surface area (Å²) in [6, 6.07) is 4.69. The summed E-state index contributed by atoms with van der Waals surface area (Å²) in [5, 5.41) is 0.145. The van der Waals surface area contributed by atoms with Crippen molar-refractivity contribution in [2.24, 2.45) is 23.7 Å². The molecule has 5 heteroatoms. The van der Waals surface area contributed by atoms with Crippen LogP contribution < -0.4 is 4.74 Å². The van der Waals surface area contributed by atoms with E-state index in [0.717, 1.165) is 24.2 Å². The molecule has 2 aliphatic carbocycles. The third kappa shape index (κ3) is 5.58. The lowest BCUT2D eigenvalue weighted by atomic mass is 9.69. The van der Waals surface area contributed by atoms with Crippen LogP contribution in [-0.4, -0.2) is 12.9 Å². The van der Waals surface area contributed by atoms with Crippen molar-refractivity contribution in [3.8, 4) is 5.75 Å². The molecular formula is C22H30ClFO3. The molecule has 27 heavy (non-hydrogen) atoms. The summed E-state index contributed by atoms with van der Waals surface area (Å²) in [6.45, 7) is 0.686. The number of ether oxygens (including phenoxy) is 1. The Labute approximate surface area is 166 Å². The summed E-state index contributed by atoms with van der Waals surface area (Å²) in [6.07, 6.45) is 13.1. The van der Waals surface area contributed by atoms with Crippen molar-refractivity contribution in [1.82, 2.24) is 0 Å². The number of hydrogen-bond acceptors (Lipinski definition) is 3. The van der Waals surface area contributed by atoms with E-state index in [1.165, 1.54) is 63.9 Å². The number of hydrogen-bond donors (Lipinski definition) is 0. The van der Waals surface area contributed by atoms with Gasteiger partial charge in [0.05, 0.1) is 11.6 Å². The maximum atomic E-state index is 13.5. The topological polar surface area (TPSA) is 34.3 Å². The molecule has 0 N–H and O–H groups in total. The van der Waals surface area contributed by atoms with Gasteiger partial charge in [-0.3, -0.25) is 0 Å². The van der Waals surface area contributed by atoms with Crippen molar-refractivity contribution >= 4 is 11.6 Å². The first kappa shape index (κ1) is 19.5. The highest BCUT2D eigenvalue weighted by Gasteiger charge is 2.32. The lowest BCUT2D eigenvalue weighted by Crippen LogP contribution is -2.27. The fraction of sp³-hybridized carbons (Fsp3) is 0.727. The summed E-state index contributed by atoms with van der Waals surface area (Å²) in [7, 11) is 0. The molecule has 0 atom stereocenters. The van der Waals surface area contributed by atoms with Gasteiger partial charge in [-0.15, -0.1) is 0 Å². The molecule has 3 fully saturated rings. The fourth-order valence-corrected chi connectivity index (χ4v) is 5.18. The summed E-state index contributed by atoms with van der Waals surface area (Å²) in [5.74, 6) is 3.45. The van der Waals surface area contributed by atoms with Crippen molar-refractivity contribution < 1.29 is 18.9 Å². The number of rotatable bonds is 7. The van der Waals surface area contributed by atoms with E-state index in [0.29, 0.717) is 18.3 Å². The Kier molecular flexibility index (Phi) is 6.57. The highest BCUT2D eigenvalue weighted by molar-refractivity contribution is 6.30. The number of benzene rings is 1. The van der Waals surface area contributed by atoms with E-state index in [4.69, 9.17) is 26.1 Å². The zero-order valence-corrected chi connectivity index (χ0v) is 16.6. The molecule has 0 radical (unpaired) electrons. The Balaban J connectivity index is 1.14. The first-order valence-corrected chi connectivity index (χ1v) is 10.9. The molecule has 3 nitrogen and oxygen atoms in total. The maximum Gasteiger partial charge on any atom is 0.224 e. The van der Waals surface area contributed by atoms with E-state index in [9.17, 15) is 4.39 Å². The fourth-order valence-electron chi connectivity index (χ4n) is 5.06. The second-order valence-corrected chi connectivity index (χ2v) is 9.06. The molecule has 1 aromatic rings. The molecule has 0 spiro atoms. The second-order valence-electron chi connectivity index (χ2n) is 8.65. The predicted molar refractivity (Wildman–Crippen MR) is 103 cm³/mol. The van der Waals surface area contributed by atoms with Crippen molar-refractivity contribution in [2.75, 3.05) is 6.61 Å². The van der Waals surface area contributed by atoms with Crippen LogP contribution in [0.1, 0.15) is 64.2 Å². The van der Waals surface area contributed by atoms with Gasteiger partial charge >= 0.3 is 0 Å². The second kappa shape index (κ2) is 9.11. The van der Waals surface area contributed by atoms with Crippen molar-refractivity contribution in [1.29, 1.82) is 0 Å². The van der Waals surface area contributed by atoms with Crippen LogP contribution in [-0.2, 0) is 9.78 Å². The molecule has 2 saturated carbocycles. The Morgan fingerprint density at radius 3 is 2.11 bits per heavy atom.